The van der Waals surface area contributed by atoms with Crippen LogP contribution >= 0.6 is 0 Å². The molecule has 0 aliphatic rings. The SMILES string of the molecule is CN(C#N)c1ccc(-c2cn(C)c3ccccc23)nn1. The minimum atomic E-state index is 0.538. The van der Waals surface area contributed by atoms with E-state index in [9.17, 15) is 0 Å². The summed E-state index contributed by atoms with van der Waals surface area (Å²) in [6.45, 7) is 0. The summed E-state index contributed by atoms with van der Waals surface area (Å²) in [6.07, 6.45) is 4.04. The zero-order valence-electron chi connectivity index (χ0n) is 11.3. The fraction of sp³-hybridized carbons (Fsp3) is 0.133. The highest BCUT2D eigenvalue weighted by Crippen LogP contribution is 2.28. The Kier molecular flexibility index (Phi) is 2.84. The molecule has 1 aromatic carbocycles. The topological polar surface area (TPSA) is 57.7 Å². The van der Waals surface area contributed by atoms with Crippen molar-refractivity contribution in [3.8, 4) is 17.5 Å². The van der Waals surface area contributed by atoms with Crippen LogP contribution in [0.2, 0.25) is 0 Å². The third-order valence-electron chi connectivity index (χ3n) is 3.32. The van der Waals surface area contributed by atoms with Crippen LogP contribution < -0.4 is 4.90 Å². The predicted octanol–water partition coefficient (Wildman–Crippen LogP) is 2.55. The van der Waals surface area contributed by atoms with Crippen molar-refractivity contribution in [1.29, 1.82) is 5.26 Å². The van der Waals surface area contributed by atoms with Crippen LogP contribution in [-0.4, -0.2) is 21.8 Å². The lowest BCUT2D eigenvalue weighted by atomic mass is 10.1. The molecule has 0 aliphatic carbocycles. The van der Waals surface area contributed by atoms with Crippen molar-refractivity contribution in [3.05, 3.63) is 42.6 Å². The molecule has 0 saturated heterocycles. The molecule has 20 heavy (non-hydrogen) atoms. The minimum Gasteiger partial charge on any atom is -0.350 e. The predicted molar refractivity (Wildman–Crippen MR) is 78.0 cm³/mol. The van der Waals surface area contributed by atoms with Crippen LogP contribution in [0, 0.1) is 11.5 Å². The first-order valence-electron chi connectivity index (χ1n) is 6.22. The van der Waals surface area contributed by atoms with E-state index >= 15 is 0 Å². The number of para-hydroxylation sites is 1. The highest BCUT2D eigenvalue weighted by molar-refractivity contribution is 5.95. The van der Waals surface area contributed by atoms with Gasteiger partial charge in [-0.2, -0.15) is 5.26 Å². The van der Waals surface area contributed by atoms with Gasteiger partial charge in [0.2, 0.25) is 0 Å². The van der Waals surface area contributed by atoms with E-state index in [-0.39, 0.29) is 0 Å². The van der Waals surface area contributed by atoms with Gasteiger partial charge in [-0.1, -0.05) is 18.2 Å². The number of aromatic nitrogens is 3. The van der Waals surface area contributed by atoms with E-state index in [0.29, 0.717) is 5.82 Å². The molecule has 0 aliphatic heterocycles. The van der Waals surface area contributed by atoms with E-state index in [1.165, 1.54) is 4.90 Å². The second-order valence-electron chi connectivity index (χ2n) is 4.61. The molecule has 3 rings (SSSR count). The zero-order valence-corrected chi connectivity index (χ0v) is 11.3. The molecule has 0 saturated carbocycles. The molecule has 0 N–H and O–H groups in total. The maximum absolute atomic E-state index is 8.82. The summed E-state index contributed by atoms with van der Waals surface area (Å²) in [7, 11) is 3.67. The molecule has 0 spiro atoms. The van der Waals surface area contributed by atoms with Gasteiger partial charge in [-0.15, -0.1) is 10.2 Å². The van der Waals surface area contributed by atoms with Gasteiger partial charge >= 0.3 is 0 Å². The van der Waals surface area contributed by atoms with Crippen molar-refractivity contribution in [2.75, 3.05) is 11.9 Å². The van der Waals surface area contributed by atoms with Crippen LogP contribution in [0.25, 0.3) is 22.2 Å². The van der Waals surface area contributed by atoms with Gasteiger partial charge in [-0.3, -0.25) is 4.90 Å². The monoisotopic (exact) mass is 263 g/mol. The van der Waals surface area contributed by atoms with Crippen LogP contribution in [0.15, 0.2) is 42.6 Å². The Balaban J connectivity index is 2.10. The molecule has 2 aromatic heterocycles. The third kappa shape index (κ3) is 1.88. The van der Waals surface area contributed by atoms with Crippen LogP contribution in [-0.2, 0) is 7.05 Å². The lowest BCUT2D eigenvalue weighted by Gasteiger charge is -2.06. The lowest BCUT2D eigenvalue weighted by Crippen LogP contribution is -2.10. The summed E-state index contributed by atoms with van der Waals surface area (Å²) in [5, 5.41) is 18.3. The van der Waals surface area contributed by atoms with Crippen molar-refractivity contribution >= 4 is 16.7 Å². The highest BCUT2D eigenvalue weighted by atomic mass is 15.2. The van der Waals surface area contributed by atoms with Crippen molar-refractivity contribution in [2.45, 2.75) is 0 Å². The van der Waals surface area contributed by atoms with Crippen LogP contribution in [0.1, 0.15) is 0 Å². The van der Waals surface area contributed by atoms with E-state index < -0.39 is 0 Å². The smallest absolute Gasteiger partial charge is 0.185 e. The number of hydrogen-bond donors (Lipinski definition) is 0. The molecule has 0 amide bonds. The summed E-state index contributed by atoms with van der Waals surface area (Å²) in [4.78, 5) is 1.37. The number of hydrogen-bond acceptors (Lipinski definition) is 4. The zero-order chi connectivity index (χ0) is 14.1. The van der Waals surface area contributed by atoms with Gasteiger partial charge in [0.1, 0.15) is 0 Å². The molecule has 3 aromatic rings. The Hall–Kier alpha value is -2.87. The molecular weight excluding hydrogens is 250 g/mol. The van der Waals surface area contributed by atoms with E-state index in [4.69, 9.17) is 5.26 Å². The number of fused-ring (bicyclic) bond motifs is 1. The first kappa shape index (κ1) is 12.2. The summed E-state index contributed by atoms with van der Waals surface area (Å²) >= 11 is 0. The Morgan fingerprint density at radius 3 is 2.65 bits per heavy atom. The second kappa shape index (κ2) is 4.67. The van der Waals surface area contributed by atoms with Gasteiger partial charge < -0.3 is 4.57 Å². The number of nitrogens with zero attached hydrogens (tertiary/aromatic N) is 5. The largest absolute Gasteiger partial charge is 0.350 e. The average molecular weight is 263 g/mol. The molecule has 0 bridgehead atoms. The molecule has 5 heteroatoms. The number of anilines is 1. The summed E-state index contributed by atoms with van der Waals surface area (Å²) in [5.41, 5.74) is 3.00. The summed E-state index contributed by atoms with van der Waals surface area (Å²) < 4.78 is 2.07. The molecular formula is C15H13N5. The number of benzene rings is 1. The second-order valence-corrected chi connectivity index (χ2v) is 4.61. The molecule has 0 fully saturated rings. The molecule has 0 radical (unpaired) electrons. The van der Waals surface area contributed by atoms with Crippen molar-refractivity contribution in [3.63, 3.8) is 0 Å². The van der Waals surface area contributed by atoms with E-state index in [1.807, 2.05) is 37.6 Å². The van der Waals surface area contributed by atoms with Crippen molar-refractivity contribution in [2.24, 2.45) is 7.05 Å². The van der Waals surface area contributed by atoms with Gasteiger partial charge in [-0.05, 0) is 18.2 Å². The van der Waals surface area contributed by atoms with Gasteiger partial charge in [0.05, 0.1) is 5.69 Å². The third-order valence-corrected chi connectivity index (χ3v) is 3.32. The van der Waals surface area contributed by atoms with Crippen molar-refractivity contribution < 1.29 is 0 Å². The van der Waals surface area contributed by atoms with Crippen LogP contribution in [0.5, 0.6) is 0 Å². The van der Waals surface area contributed by atoms with Crippen LogP contribution in [0.4, 0.5) is 5.82 Å². The molecule has 5 nitrogen and oxygen atoms in total. The Morgan fingerprint density at radius 1 is 1.15 bits per heavy atom. The number of rotatable bonds is 2. The maximum Gasteiger partial charge on any atom is 0.185 e. The molecule has 0 unspecified atom stereocenters. The van der Waals surface area contributed by atoms with E-state index in [1.54, 1.807) is 13.1 Å². The first-order chi connectivity index (χ1) is 9.70. The Bertz CT molecular complexity index is 795. The quantitative estimate of drug-likeness (QED) is 0.526. The van der Waals surface area contributed by atoms with Crippen molar-refractivity contribution in [1.82, 2.24) is 14.8 Å². The Labute approximate surface area is 116 Å². The fourth-order valence-corrected chi connectivity index (χ4v) is 2.24. The molecule has 0 atom stereocenters. The first-order valence-corrected chi connectivity index (χ1v) is 6.22. The Morgan fingerprint density at radius 2 is 1.95 bits per heavy atom. The van der Waals surface area contributed by atoms with Crippen LogP contribution in [0.3, 0.4) is 0 Å². The number of aryl methyl sites for hydroxylation is 1. The average Bonchev–Trinajstić information content (AvgIpc) is 2.84. The normalized spacial score (nSPS) is 10.4. The minimum absolute atomic E-state index is 0.538. The van der Waals surface area contributed by atoms with E-state index in [2.05, 4.69) is 26.9 Å². The standard InChI is InChI=1S/C15H13N5/c1-19-9-12(11-5-3-4-6-14(11)19)13-7-8-15(18-17-13)20(2)10-16/h3-9H,1-2H3. The highest BCUT2D eigenvalue weighted by Gasteiger charge is 2.10. The van der Waals surface area contributed by atoms with Gasteiger partial charge in [0.15, 0.2) is 12.0 Å². The fourth-order valence-electron chi connectivity index (χ4n) is 2.24. The molecule has 98 valence electrons. The van der Waals surface area contributed by atoms with E-state index in [0.717, 1.165) is 22.2 Å². The van der Waals surface area contributed by atoms with Gasteiger partial charge in [-0.25, -0.2) is 0 Å². The summed E-state index contributed by atoms with van der Waals surface area (Å²) in [5.74, 6) is 0.538. The van der Waals surface area contributed by atoms with Gasteiger partial charge in [0, 0.05) is 36.8 Å². The lowest BCUT2D eigenvalue weighted by molar-refractivity contribution is 0.964. The summed E-state index contributed by atoms with van der Waals surface area (Å²) in [6, 6.07) is 11.9. The maximum atomic E-state index is 8.82. The van der Waals surface area contributed by atoms with Gasteiger partial charge in [0.25, 0.3) is 0 Å². The number of nitriles is 1. The molecule has 2 heterocycles.